The molecule has 148 valence electrons. The Balaban J connectivity index is 1.58. The molecular formula is C22H21N3O3S. The zero-order chi connectivity index (χ0) is 20.5. The molecule has 0 spiro atoms. The van der Waals surface area contributed by atoms with Gasteiger partial charge in [-0.15, -0.1) is 0 Å². The highest BCUT2D eigenvalue weighted by molar-refractivity contribution is 7.99. The molecule has 0 aliphatic rings. The van der Waals surface area contributed by atoms with Gasteiger partial charge in [0.1, 0.15) is 10.8 Å². The van der Waals surface area contributed by atoms with Crippen LogP contribution >= 0.6 is 11.8 Å². The highest BCUT2D eigenvalue weighted by Gasteiger charge is 2.08. The number of anilines is 1. The van der Waals surface area contributed by atoms with Crippen molar-refractivity contribution >= 4 is 29.3 Å². The number of benzene rings is 2. The summed E-state index contributed by atoms with van der Waals surface area (Å²) in [5, 5.41) is 6.40. The van der Waals surface area contributed by atoms with Gasteiger partial charge < -0.3 is 15.4 Å². The van der Waals surface area contributed by atoms with Gasteiger partial charge in [-0.2, -0.15) is 0 Å². The predicted octanol–water partition coefficient (Wildman–Crippen LogP) is 4.00. The van der Waals surface area contributed by atoms with Crippen LogP contribution in [-0.2, 0) is 4.79 Å². The molecule has 0 aliphatic carbocycles. The van der Waals surface area contributed by atoms with Crippen LogP contribution in [0.25, 0.3) is 0 Å². The molecule has 1 heterocycles. The van der Waals surface area contributed by atoms with Crippen LogP contribution in [0.4, 0.5) is 5.69 Å². The Hall–Kier alpha value is -3.32. The lowest BCUT2D eigenvalue weighted by atomic mass is 10.2. The van der Waals surface area contributed by atoms with Gasteiger partial charge in [-0.3, -0.25) is 9.59 Å². The minimum atomic E-state index is -0.222. The molecule has 3 rings (SSSR count). The molecule has 0 aliphatic heterocycles. The molecule has 29 heavy (non-hydrogen) atoms. The number of hydrogen-bond donors (Lipinski definition) is 2. The van der Waals surface area contributed by atoms with Crippen LogP contribution in [0.1, 0.15) is 17.3 Å². The second-order valence-electron chi connectivity index (χ2n) is 6.02. The first-order valence-corrected chi connectivity index (χ1v) is 9.95. The van der Waals surface area contributed by atoms with E-state index < -0.39 is 0 Å². The van der Waals surface area contributed by atoms with Crippen molar-refractivity contribution in [2.75, 3.05) is 18.5 Å². The first-order valence-electron chi connectivity index (χ1n) is 9.14. The van der Waals surface area contributed by atoms with E-state index in [2.05, 4.69) is 15.6 Å². The van der Waals surface area contributed by atoms with Crippen molar-refractivity contribution in [1.29, 1.82) is 0 Å². The number of amides is 2. The van der Waals surface area contributed by atoms with Gasteiger partial charge in [-0.05, 0) is 55.5 Å². The number of nitrogens with zero attached hydrogens (tertiary/aromatic N) is 1. The van der Waals surface area contributed by atoms with Crippen LogP contribution in [0.5, 0.6) is 5.75 Å². The van der Waals surface area contributed by atoms with E-state index in [1.807, 2.05) is 37.3 Å². The first-order chi connectivity index (χ1) is 14.1. The van der Waals surface area contributed by atoms with Crippen molar-refractivity contribution in [3.05, 3.63) is 78.5 Å². The summed E-state index contributed by atoms with van der Waals surface area (Å²) >= 11 is 1.53. The third-order valence-corrected chi connectivity index (χ3v) is 4.77. The average molecular weight is 407 g/mol. The molecule has 2 amide bonds. The van der Waals surface area contributed by atoms with Gasteiger partial charge in [0.25, 0.3) is 11.8 Å². The zero-order valence-corrected chi connectivity index (χ0v) is 16.7. The van der Waals surface area contributed by atoms with Gasteiger partial charge in [0.15, 0.2) is 6.61 Å². The second kappa shape index (κ2) is 10.3. The monoisotopic (exact) mass is 407 g/mol. The van der Waals surface area contributed by atoms with Crippen LogP contribution in [0.15, 0.2) is 82.8 Å². The number of carbonyl (C=O) groups is 2. The van der Waals surface area contributed by atoms with E-state index >= 15 is 0 Å². The van der Waals surface area contributed by atoms with E-state index in [0.29, 0.717) is 23.5 Å². The molecule has 0 saturated carbocycles. The van der Waals surface area contributed by atoms with Crippen LogP contribution < -0.4 is 15.4 Å². The van der Waals surface area contributed by atoms with Crippen molar-refractivity contribution < 1.29 is 14.3 Å². The Kier molecular flexibility index (Phi) is 7.24. The lowest BCUT2D eigenvalue weighted by molar-refractivity contribution is -0.122. The summed E-state index contributed by atoms with van der Waals surface area (Å²) < 4.78 is 5.45. The number of nitrogens with one attached hydrogen (secondary N) is 2. The maximum absolute atomic E-state index is 12.5. The van der Waals surface area contributed by atoms with Crippen molar-refractivity contribution in [2.24, 2.45) is 0 Å². The number of likely N-dealkylation sites (N-methyl/N-ethyl adjacent to an activating group) is 1. The van der Waals surface area contributed by atoms with E-state index in [0.717, 1.165) is 9.92 Å². The molecule has 3 aromatic rings. The highest BCUT2D eigenvalue weighted by atomic mass is 32.2. The maximum Gasteiger partial charge on any atom is 0.257 e. The molecule has 0 radical (unpaired) electrons. The zero-order valence-electron chi connectivity index (χ0n) is 15.9. The fourth-order valence-corrected chi connectivity index (χ4v) is 3.24. The molecule has 2 N–H and O–H groups in total. The molecule has 0 fully saturated rings. The Morgan fingerprint density at radius 1 is 1.03 bits per heavy atom. The summed E-state index contributed by atoms with van der Waals surface area (Å²) in [6.07, 6.45) is 1.75. The van der Waals surface area contributed by atoms with Crippen LogP contribution in [0.3, 0.4) is 0 Å². The standard InChI is InChI=1S/C22H21N3O3S/c1-2-23-20(26)15-28-18-7-5-6-17(14-18)25-22(27)16-9-11-19(12-10-16)29-21-8-3-4-13-24-21/h3-14H,2,15H2,1H3,(H,23,26)(H,25,27). The Morgan fingerprint density at radius 2 is 1.86 bits per heavy atom. The fourth-order valence-electron chi connectivity index (χ4n) is 2.47. The van der Waals surface area contributed by atoms with Gasteiger partial charge in [0.05, 0.1) is 0 Å². The van der Waals surface area contributed by atoms with Gasteiger partial charge in [-0.25, -0.2) is 4.98 Å². The number of ether oxygens (including phenoxy) is 1. The molecule has 0 bridgehead atoms. The smallest absolute Gasteiger partial charge is 0.257 e. The van der Waals surface area contributed by atoms with Crippen LogP contribution in [0.2, 0.25) is 0 Å². The minimum Gasteiger partial charge on any atom is -0.484 e. The van der Waals surface area contributed by atoms with Gasteiger partial charge in [-0.1, -0.05) is 23.9 Å². The molecule has 0 atom stereocenters. The van der Waals surface area contributed by atoms with Gasteiger partial charge >= 0.3 is 0 Å². The molecule has 7 heteroatoms. The van der Waals surface area contributed by atoms with Crippen molar-refractivity contribution in [1.82, 2.24) is 10.3 Å². The van der Waals surface area contributed by atoms with E-state index in [1.165, 1.54) is 11.8 Å². The second-order valence-corrected chi connectivity index (χ2v) is 7.11. The maximum atomic E-state index is 12.5. The molecule has 2 aromatic carbocycles. The first kappa shape index (κ1) is 20.4. The van der Waals surface area contributed by atoms with E-state index in [-0.39, 0.29) is 18.4 Å². The Labute approximate surface area is 173 Å². The summed E-state index contributed by atoms with van der Waals surface area (Å²) in [5.74, 6) is 0.0991. The highest BCUT2D eigenvalue weighted by Crippen LogP contribution is 2.26. The molecular weight excluding hydrogens is 386 g/mol. The van der Waals surface area contributed by atoms with E-state index in [4.69, 9.17) is 4.74 Å². The largest absolute Gasteiger partial charge is 0.484 e. The summed E-state index contributed by atoms with van der Waals surface area (Å²) in [5.41, 5.74) is 1.14. The van der Waals surface area contributed by atoms with Crippen molar-refractivity contribution in [3.63, 3.8) is 0 Å². The number of aromatic nitrogens is 1. The summed E-state index contributed by atoms with van der Waals surface area (Å²) in [7, 11) is 0. The Bertz CT molecular complexity index is 963. The number of hydrogen-bond acceptors (Lipinski definition) is 5. The lowest BCUT2D eigenvalue weighted by Gasteiger charge is -2.09. The quantitative estimate of drug-likeness (QED) is 0.590. The lowest BCUT2D eigenvalue weighted by Crippen LogP contribution is -2.28. The number of carbonyl (C=O) groups excluding carboxylic acids is 2. The van der Waals surface area contributed by atoms with Crippen LogP contribution in [-0.4, -0.2) is 29.9 Å². The van der Waals surface area contributed by atoms with E-state index in [1.54, 1.807) is 42.6 Å². The van der Waals surface area contributed by atoms with Crippen LogP contribution in [0, 0.1) is 0 Å². The molecule has 0 unspecified atom stereocenters. The normalized spacial score (nSPS) is 10.2. The summed E-state index contributed by atoms with van der Waals surface area (Å²) in [6.45, 7) is 2.33. The fraction of sp³-hybridized carbons (Fsp3) is 0.136. The van der Waals surface area contributed by atoms with Crippen molar-refractivity contribution in [3.8, 4) is 5.75 Å². The third-order valence-electron chi connectivity index (χ3n) is 3.81. The molecule has 6 nitrogen and oxygen atoms in total. The summed E-state index contributed by atoms with van der Waals surface area (Å²) in [4.78, 5) is 29.3. The average Bonchev–Trinajstić information content (AvgIpc) is 2.74. The SMILES string of the molecule is CCNC(=O)COc1cccc(NC(=O)c2ccc(Sc3ccccn3)cc2)c1. The van der Waals surface area contributed by atoms with E-state index in [9.17, 15) is 9.59 Å². The van der Waals surface area contributed by atoms with Gasteiger partial charge in [0, 0.05) is 35.0 Å². The molecule has 0 saturated heterocycles. The number of rotatable bonds is 8. The predicted molar refractivity (Wildman–Crippen MR) is 113 cm³/mol. The topological polar surface area (TPSA) is 80.3 Å². The summed E-state index contributed by atoms with van der Waals surface area (Å²) in [6, 6.07) is 20.0. The van der Waals surface area contributed by atoms with Crippen molar-refractivity contribution in [2.45, 2.75) is 16.8 Å². The third kappa shape index (κ3) is 6.36. The molecule has 1 aromatic heterocycles. The van der Waals surface area contributed by atoms with Gasteiger partial charge in [0.2, 0.25) is 0 Å². The Morgan fingerprint density at radius 3 is 2.59 bits per heavy atom. The number of pyridine rings is 1. The minimum absolute atomic E-state index is 0.0688.